The Hall–Kier alpha value is -3.64. The van der Waals surface area contributed by atoms with Gasteiger partial charge in [-0.1, -0.05) is 54.6 Å². The van der Waals surface area contributed by atoms with Crippen molar-refractivity contribution in [1.82, 2.24) is 0 Å². The number of para-hydroxylation sites is 1. The number of carbonyl (C=O) groups excluding carboxylic acids is 3. The molecule has 3 aromatic rings. The van der Waals surface area contributed by atoms with Crippen molar-refractivity contribution in [3.05, 3.63) is 101 Å². The molecule has 0 aromatic heterocycles. The minimum atomic E-state index is -2.62. The van der Waals surface area contributed by atoms with Crippen molar-refractivity contribution in [2.75, 3.05) is 11.9 Å². The van der Waals surface area contributed by atoms with Crippen LogP contribution in [0, 0.1) is 5.82 Å². The van der Waals surface area contributed by atoms with Crippen molar-refractivity contribution in [2.45, 2.75) is 17.4 Å². The van der Waals surface area contributed by atoms with Crippen LogP contribution in [0.25, 0.3) is 0 Å². The van der Waals surface area contributed by atoms with E-state index in [-0.39, 0.29) is 17.5 Å². The second-order valence-corrected chi connectivity index (χ2v) is 8.00. The first kappa shape index (κ1) is 19.3. The van der Waals surface area contributed by atoms with Gasteiger partial charge in [0.05, 0.1) is 0 Å². The summed E-state index contributed by atoms with van der Waals surface area (Å²) in [6, 6.07) is 18.5. The molecule has 1 aliphatic carbocycles. The number of carbonyl (C=O) groups is 3. The third-order valence-corrected chi connectivity index (χ3v) is 6.47. The van der Waals surface area contributed by atoms with E-state index in [1.807, 2.05) is 0 Å². The maximum Gasteiger partial charge on any atom is 0.241 e. The standard InChI is InChI=1S/C25H18FNO4/c1-27-20-9-5-4-8-19(20)24(23(27)30,14-15-10-12-16(26)13-11-15)25(31)21(28)17-6-2-3-7-18(17)22(25)29/h2-13,31H,14H2,1H3. The zero-order valence-electron chi connectivity index (χ0n) is 16.6. The highest BCUT2D eigenvalue weighted by Gasteiger charge is 2.71. The van der Waals surface area contributed by atoms with Gasteiger partial charge >= 0.3 is 0 Å². The fourth-order valence-corrected chi connectivity index (χ4v) is 4.95. The number of hydrogen-bond donors (Lipinski definition) is 1. The van der Waals surface area contributed by atoms with E-state index in [1.54, 1.807) is 43.4 Å². The summed E-state index contributed by atoms with van der Waals surface area (Å²) in [7, 11) is 1.55. The molecule has 5 nitrogen and oxygen atoms in total. The summed E-state index contributed by atoms with van der Waals surface area (Å²) in [5, 5.41) is 11.9. The lowest BCUT2D eigenvalue weighted by Crippen LogP contribution is -2.64. The molecular formula is C25H18FNO4. The molecule has 0 radical (unpaired) electrons. The van der Waals surface area contributed by atoms with Crippen LogP contribution in [-0.2, 0) is 16.6 Å². The van der Waals surface area contributed by atoms with Crippen LogP contribution in [0.2, 0.25) is 0 Å². The molecule has 0 bridgehead atoms. The lowest BCUT2D eigenvalue weighted by atomic mass is 9.62. The van der Waals surface area contributed by atoms with Gasteiger partial charge in [-0.3, -0.25) is 14.4 Å². The predicted molar refractivity (Wildman–Crippen MR) is 112 cm³/mol. The summed E-state index contributed by atoms with van der Waals surface area (Å²) in [6.07, 6.45) is -0.143. The van der Waals surface area contributed by atoms with Crippen LogP contribution in [-0.4, -0.2) is 35.2 Å². The second-order valence-electron chi connectivity index (χ2n) is 8.00. The largest absolute Gasteiger partial charge is 0.373 e. The van der Waals surface area contributed by atoms with Gasteiger partial charge in [0.1, 0.15) is 11.2 Å². The fraction of sp³-hybridized carbons (Fsp3) is 0.160. The number of anilines is 1. The van der Waals surface area contributed by atoms with Gasteiger partial charge in [0.25, 0.3) is 0 Å². The molecule has 6 heteroatoms. The molecule has 1 heterocycles. The molecular weight excluding hydrogens is 397 g/mol. The Kier molecular flexibility index (Phi) is 4.01. The number of nitrogens with zero attached hydrogens (tertiary/aromatic N) is 1. The Bertz CT molecular complexity index is 1230. The van der Waals surface area contributed by atoms with Crippen LogP contribution in [0.5, 0.6) is 0 Å². The lowest BCUT2D eigenvalue weighted by Gasteiger charge is -2.39. The van der Waals surface area contributed by atoms with Crippen LogP contribution in [0.1, 0.15) is 31.8 Å². The number of halogens is 1. The molecule has 31 heavy (non-hydrogen) atoms. The van der Waals surface area contributed by atoms with Gasteiger partial charge < -0.3 is 10.0 Å². The summed E-state index contributed by atoms with van der Waals surface area (Å²) in [5.74, 6) is -2.61. The van der Waals surface area contributed by atoms with E-state index in [4.69, 9.17) is 0 Å². The van der Waals surface area contributed by atoms with Gasteiger partial charge in [0.2, 0.25) is 23.1 Å². The van der Waals surface area contributed by atoms with Gasteiger partial charge in [0.15, 0.2) is 0 Å². The molecule has 154 valence electrons. The van der Waals surface area contributed by atoms with E-state index in [1.165, 1.54) is 41.3 Å². The molecule has 5 rings (SSSR count). The monoisotopic (exact) mass is 415 g/mol. The molecule has 1 N–H and O–H groups in total. The number of benzene rings is 3. The SMILES string of the molecule is CN1C(=O)C(Cc2ccc(F)cc2)(C2(O)C(=O)c3ccccc3C2=O)c2ccccc21. The normalized spacial score (nSPS) is 21.4. The van der Waals surface area contributed by atoms with Gasteiger partial charge in [-0.2, -0.15) is 0 Å². The summed E-state index contributed by atoms with van der Waals surface area (Å²) >= 11 is 0. The second kappa shape index (κ2) is 6.43. The summed E-state index contributed by atoms with van der Waals surface area (Å²) in [5.41, 5.74) is -2.90. The predicted octanol–water partition coefficient (Wildman–Crippen LogP) is 3.09. The molecule has 1 aliphatic heterocycles. The van der Waals surface area contributed by atoms with Gasteiger partial charge in [0, 0.05) is 23.9 Å². The molecule has 1 unspecified atom stereocenters. The molecule has 1 amide bonds. The first-order valence-electron chi connectivity index (χ1n) is 9.85. The summed E-state index contributed by atoms with van der Waals surface area (Å²) in [4.78, 5) is 42.2. The summed E-state index contributed by atoms with van der Waals surface area (Å²) in [6.45, 7) is 0. The Morgan fingerprint density at radius 2 is 1.39 bits per heavy atom. The molecule has 0 saturated heterocycles. The van der Waals surface area contributed by atoms with Crippen LogP contribution < -0.4 is 4.90 Å². The zero-order chi connectivity index (χ0) is 22.0. The average molecular weight is 415 g/mol. The van der Waals surface area contributed by atoms with Crippen molar-refractivity contribution in [3.63, 3.8) is 0 Å². The third kappa shape index (κ3) is 2.31. The maximum atomic E-state index is 13.8. The Morgan fingerprint density at radius 3 is 2.00 bits per heavy atom. The topological polar surface area (TPSA) is 74.7 Å². The van der Waals surface area contributed by atoms with Gasteiger partial charge in [-0.05, 0) is 35.7 Å². The number of aliphatic hydroxyl groups is 1. The molecule has 0 fully saturated rings. The Labute approximate surface area is 177 Å². The Balaban J connectivity index is 1.81. The molecule has 1 atom stereocenters. The number of ketones is 2. The molecule has 0 saturated carbocycles. The molecule has 3 aromatic carbocycles. The number of fused-ring (bicyclic) bond motifs is 2. The minimum absolute atomic E-state index is 0.0910. The zero-order valence-corrected chi connectivity index (χ0v) is 16.6. The number of amides is 1. The van der Waals surface area contributed by atoms with Crippen LogP contribution in [0.15, 0.2) is 72.8 Å². The van der Waals surface area contributed by atoms with Crippen molar-refractivity contribution in [1.29, 1.82) is 0 Å². The Morgan fingerprint density at radius 1 is 0.839 bits per heavy atom. The van der Waals surface area contributed by atoms with Crippen LogP contribution in [0.4, 0.5) is 10.1 Å². The average Bonchev–Trinajstić information content (AvgIpc) is 3.13. The highest BCUT2D eigenvalue weighted by Crippen LogP contribution is 2.53. The maximum absolute atomic E-state index is 13.8. The van der Waals surface area contributed by atoms with E-state index in [0.717, 1.165) is 0 Å². The van der Waals surface area contributed by atoms with E-state index in [9.17, 15) is 23.9 Å². The van der Waals surface area contributed by atoms with Crippen LogP contribution in [0.3, 0.4) is 0 Å². The third-order valence-electron chi connectivity index (χ3n) is 6.47. The number of hydrogen-bond acceptors (Lipinski definition) is 4. The number of Topliss-reactive ketones (excluding diaryl/α,β-unsaturated/α-hetero) is 2. The first-order valence-corrected chi connectivity index (χ1v) is 9.85. The minimum Gasteiger partial charge on any atom is -0.373 e. The van der Waals surface area contributed by atoms with Gasteiger partial charge in [-0.15, -0.1) is 0 Å². The number of rotatable bonds is 3. The first-order chi connectivity index (χ1) is 14.8. The quantitative estimate of drug-likeness (QED) is 0.667. The van der Waals surface area contributed by atoms with Crippen LogP contribution >= 0.6 is 0 Å². The van der Waals surface area contributed by atoms with Crippen molar-refractivity contribution in [3.8, 4) is 0 Å². The van der Waals surface area contributed by atoms with Crippen molar-refractivity contribution >= 4 is 23.2 Å². The smallest absolute Gasteiger partial charge is 0.241 e. The number of likely N-dealkylation sites (N-methyl/N-ethyl adjacent to an activating group) is 1. The van der Waals surface area contributed by atoms with E-state index >= 15 is 0 Å². The summed E-state index contributed by atoms with van der Waals surface area (Å²) < 4.78 is 13.5. The van der Waals surface area contributed by atoms with E-state index < -0.39 is 34.3 Å². The molecule has 0 spiro atoms. The highest BCUT2D eigenvalue weighted by molar-refractivity contribution is 6.36. The highest BCUT2D eigenvalue weighted by atomic mass is 19.1. The fourth-order valence-electron chi connectivity index (χ4n) is 4.95. The van der Waals surface area contributed by atoms with Crippen molar-refractivity contribution in [2.24, 2.45) is 0 Å². The van der Waals surface area contributed by atoms with Gasteiger partial charge in [-0.25, -0.2) is 4.39 Å². The lowest BCUT2D eigenvalue weighted by molar-refractivity contribution is -0.128. The molecule has 2 aliphatic rings. The van der Waals surface area contributed by atoms with E-state index in [2.05, 4.69) is 0 Å². The van der Waals surface area contributed by atoms with Crippen molar-refractivity contribution < 1.29 is 23.9 Å². The van der Waals surface area contributed by atoms with E-state index in [0.29, 0.717) is 16.8 Å².